The second kappa shape index (κ2) is 5.54. The van der Waals surface area contributed by atoms with E-state index in [1.807, 2.05) is 0 Å². The van der Waals surface area contributed by atoms with Crippen LogP contribution in [0.25, 0.3) is 0 Å². The largest absolute Gasteiger partial charge is 0.481 e. The maximum Gasteiger partial charge on any atom is 0.320 e. The molecule has 7 nitrogen and oxygen atoms in total. The van der Waals surface area contributed by atoms with Gasteiger partial charge in [-0.15, -0.1) is 0 Å². The summed E-state index contributed by atoms with van der Waals surface area (Å²) in [5.41, 5.74) is -0.889. The maximum atomic E-state index is 12.7. The number of urea groups is 1. The van der Waals surface area contributed by atoms with Gasteiger partial charge in [0, 0.05) is 33.2 Å². The van der Waals surface area contributed by atoms with Gasteiger partial charge in [-0.1, -0.05) is 0 Å². The highest BCUT2D eigenvalue weighted by Crippen LogP contribution is 2.25. The van der Waals surface area contributed by atoms with Gasteiger partial charge in [-0.05, 0) is 26.7 Å². The summed E-state index contributed by atoms with van der Waals surface area (Å²) in [6, 6.07) is -0.229. The fourth-order valence-corrected chi connectivity index (χ4v) is 3.07. The lowest BCUT2D eigenvalue weighted by atomic mass is 9.96. The normalized spacial score (nSPS) is 26.0. The number of carbonyl (C=O) groups excluding carboxylic acids is 2. The van der Waals surface area contributed by atoms with Crippen molar-refractivity contribution in [3.05, 3.63) is 0 Å². The molecule has 21 heavy (non-hydrogen) atoms. The molecule has 0 aromatic heterocycles. The van der Waals surface area contributed by atoms with Crippen LogP contribution in [0.3, 0.4) is 0 Å². The number of nitrogens with zero attached hydrogens (tertiary/aromatic N) is 3. The molecule has 0 radical (unpaired) electrons. The van der Waals surface area contributed by atoms with Crippen LogP contribution in [0.1, 0.15) is 26.7 Å². The lowest BCUT2D eigenvalue weighted by Gasteiger charge is -2.47. The first-order chi connectivity index (χ1) is 9.75. The number of aliphatic carboxylic acids is 1. The minimum atomic E-state index is -0.889. The molecule has 0 aliphatic carbocycles. The lowest BCUT2D eigenvalue weighted by Crippen LogP contribution is -2.66. The van der Waals surface area contributed by atoms with E-state index in [-0.39, 0.29) is 18.5 Å². The van der Waals surface area contributed by atoms with Crippen molar-refractivity contribution in [2.24, 2.45) is 5.92 Å². The monoisotopic (exact) mass is 297 g/mol. The SMILES string of the molecule is CN1CCN(C(=O)N2CCC[C@@H](C(=O)O)C2)C(C)(C)C1=O. The van der Waals surface area contributed by atoms with Gasteiger partial charge in [0.15, 0.2) is 0 Å². The number of hydrogen-bond donors (Lipinski definition) is 1. The predicted octanol–water partition coefficient (Wildman–Crippen LogP) is 0.456. The summed E-state index contributed by atoms with van der Waals surface area (Å²) in [5.74, 6) is -1.45. The number of rotatable bonds is 1. The van der Waals surface area contributed by atoms with Gasteiger partial charge in [0.2, 0.25) is 5.91 Å². The van der Waals surface area contributed by atoms with Crippen LogP contribution in [0.15, 0.2) is 0 Å². The molecule has 2 aliphatic heterocycles. The summed E-state index contributed by atoms with van der Waals surface area (Å²) in [6.45, 7) is 5.24. The lowest BCUT2D eigenvalue weighted by molar-refractivity contribution is -0.146. The molecule has 0 spiro atoms. The molecule has 0 aromatic carbocycles. The molecule has 2 saturated heterocycles. The zero-order chi connectivity index (χ0) is 15.8. The van der Waals surface area contributed by atoms with Gasteiger partial charge < -0.3 is 19.8 Å². The molecule has 0 saturated carbocycles. The predicted molar refractivity (Wildman–Crippen MR) is 75.8 cm³/mol. The van der Waals surface area contributed by atoms with Crippen molar-refractivity contribution in [2.45, 2.75) is 32.2 Å². The number of piperazine rings is 1. The van der Waals surface area contributed by atoms with Gasteiger partial charge in [-0.2, -0.15) is 0 Å². The van der Waals surface area contributed by atoms with E-state index in [4.69, 9.17) is 5.11 Å². The Labute approximate surface area is 124 Å². The zero-order valence-electron chi connectivity index (χ0n) is 12.8. The average molecular weight is 297 g/mol. The molecular weight excluding hydrogens is 274 g/mol. The Balaban J connectivity index is 2.12. The number of carboxylic acids is 1. The molecule has 0 unspecified atom stereocenters. The fourth-order valence-electron chi connectivity index (χ4n) is 3.07. The third-order valence-electron chi connectivity index (χ3n) is 4.48. The third-order valence-corrected chi connectivity index (χ3v) is 4.48. The van der Waals surface area contributed by atoms with Gasteiger partial charge >= 0.3 is 12.0 Å². The summed E-state index contributed by atoms with van der Waals surface area (Å²) >= 11 is 0. The number of piperidine rings is 1. The van der Waals surface area contributed by atoms with Crippen LogP contribution in [0.5, 0.6) is 0 Å². The molecule has 7 heteroatoms. The van der Waals surface area contributed by atoms with Crippen molar-refractivity contribution >= 4 is 17.9 Å². The van der Waals surface area contributed by atoms with E-state index in [1.165, 1.54) is 0 Å². The third kappa shape index (κ3) is 2.82. The number of likely N-dealkylation sites (N-methyl/N-ethyl adjacent to an activating group) is 1. The van der Waals surface area contributed by atoms with E-state index in [2.05, 4.69) is 0 Å². The second-order valence-corrected chi connectivity index (χ2v) is 6.34. The van der Waals surface area contributed by atoms with Crippen molar-refractivity contribution in [1.82, 2.24) is 14.7 Å². The number of likely N-dealkylation sites (tertiary alicyclic amines) is 1. The number of amides is 3. The van der Waals surface area contributed by atoms with Crippen LogP contribution in [0.2, 0.25) is 0 Å². The van der Waals surface area contributed by atoms with Crippen LogP contribution in [0.4, 0.5) is 4.79 Å². The van der Waals surface area contributed by atoms with Crippen LogP contribution in [-0.2, 0) is 9.59 Å². The van der Waals surface area contributed by atoms with Gasteiger partial charge in [-0.25, -0.2) is 4.79 Å². The number of carbonyl (C=O) groups is 3. The first-order valence-corrected chi connectivity index (χ1v) is 7.30. The quantitative estimate of drug-likeness (QED) is 0.762. The van der Waals surface area contributed by atoms with Crippen LogP contribution < -0.4 is 0 Å². The van der Waals surface area contributed by atoms with Gasteiger partial charge in [0.1, 0.15) is 5.54 Å². The minimum absolute atomic E-state index is 0.0890. The summed E-state index contributed by atoms with van der Waals surface area (Å²) in [4.78, 5) is 40.8. The van der Waals surface area contributed by atoms with Crippen molar-refractivity contribution in [1.29, 1.82) is 0 Å². The van der Waals surface area contributed by atoms with Crippen molar-refractivity contribution < 1.29 is 19.5 Å². The summed E-state index contributed by atoms with van der Waals surface area (Å²) in [6.07, 6.45) is 1.29. The van der Waals surface area contributed by atoms with E-state index in [0.29, 0.717) is 32.5 Å². The van der Waals surface area contributed by atoms with E-state index < -0.39 is 17.4 Å². The molecule has 1 atom stereocenters. The fraction of sp³-hybridized carbons (Fsp3) is 0.786. The molecule has 118 valence electrons. The van der Waals surface area contributed by atoms with Gasteiger partial charge in [0.05, 0.1) is 5.92 Å². The number of carboxylic acid groups (broad SMARTS) is 1. The van der Waals surface area contributed by atoms with E-state index in [9.17, 15) is 14.4 Å². The topological polar surface area (TPSA) is 81.2 Å². The molecule has 1 N–H and O–H groups in total. The van der Waals surface area contributed by atoms with E-state index >= 15 is 0 Å². The number of hydrogen-bond acceptors (Lipinski definition) is 3. The Morgan fingerprint density at radius 3 is 2.52 bits per heavy atom. The van der Waals surface area contributed by atoms with E-state index in [0.717, 1.165) is 0 Å². The molecule has 0 aromatic rings. The van der Waals surface area contributed by atoms with Crippen molar-refractivity contribution in [2.75, 3.05) is 33.2 Å². The molecular formula is C14H23N3O4. The highest BCUT2D eigenvalue weighted by molar-refractivity contribution is 5.91. The molecule has 3 amide bonds. The average Bonchev–Trinajstić information content (AvgIpc) is 2.44. The highest BCUT2D eigenvalue weighted by Gasteiger charge is 2.45. The molecule has 2 fully saturated rings. The Hall–Kier alpha value is -1.79. The van der Waals surface area contributed by atoms with Gasteiger partial charge in [-0.3, -0.25) is 9.59 Å². The van der Waals surface area contributed by atoms with Crippen LogP contribution in [-0.4, -0.2) is 76.5 Å². The minimum Gasteiger partial charge on any atom is -0.481 e. The summed E-state index contributed by atoms with van der Waals surface area (Å²) in [5, 5.41) is 9.12. The molecule has 0 bridgehead atoms. The smallest absolute Gasteiger partial charge is 0.320 e. The van der Waals surface area contributed by atoms with Crippen molar-refractivity contribution in [3.8, 4) is 0 Å². The van der Waals surface area contributed by atoms with Crippen LogP contribution in [0, 0.1) is 5.92 Å². The second-order valence-electron chi connectivity index (χ2n) is 6.34. The maximum absolute atomic E-state index is 12.7. The Kier molecular flexibility index (Phi) is 4.11. The molecule has 2 rings (SSSR count). The van der Waals surface area contributed by atoms with E-state index in [1.54, 1.807) is 35.6 Å². The molecule has 2 aliphatic rings. The van der Waals surface area contributed by atoms with Crippen molar-refractivity contribution in [3.63, 3.8) is 0 Å². The standard InChI is InChI=1S/C14H23N3O4/c1-14(2)12(20)15(3)7-8-17(14)13(21)16-6-4-5-10(9-16)11(18)19/h10H,4-9H2,1-3H3,(H,18,19)/t10-/m1/s1. The summed E-state index contributed by atoms with van der Waals surface area (Å²) < 4.78 is 0. The summed E-state index contributed by atoms with van der Waals surface area (Å²) in [7, 11) is 1.73. The van der Waals surface area contributed by atoms with Gasteiger partial charge in [0.25, 0.3) is 0 Å². The first-order valence-electron chi connectivity index (χ1n) is 7.30. The Morgan fingerprint density at radius 1 is 1.24 bits per heavy atom. The Morgan fingerprint density at radius 2 is 1.90 bits per heavy atom. The highest BCUT2D eigenvalue weighted by atomic mass is 16.4. The first kappa shape index (κ1) is 15.6. The molecule has 2 heterocycles. The van der Waals surface area contributed by atoms with Crippen LogP contribution >= 0.6 is 0 Å². The zero-order valence-corrected chi connectivity index (χ0v) is 12.8. The Bertz CT molecular complexity index is 463.